The predicted molar refractivity (Wildman–Crippen MR) is 93.7 cm³/mol. The van der Waals surface area contributed by atoms with E-state index in [0.717, 1.165) is 40.7 Å². The van der Waals surface area contributed by atoms with Gasteiger partial charge in [0.25, 0.3) is 0 Å². The van der Waals surface area contributed by atoms with Crippen LogP contribution in [0, 0.1) is 0 Å². The Balaban J connectivity index is 2.01. The van der Waals surface area contributed by atoms with E-state index in [0.29, 0.717) is 0 Å². The Kier molecular flexibility index (Phi) is 5.87. The second-order valence-electron chi connectivity index (χ2n) is 4.51. The van der Waals surface area contributed by atoms with Crippen LogP contribution in [0.4, 0.5) is 10.8 Å². The number of rotatable bonds is 7. The van der Waals surface area contributed by atoms with Gasteiger partial charge in [-0.25, -0.2) is 4.98 Å². The van der Waals surface area contributed by atoms with Gasteiger partial charge in [0.05, 0.1) is 13.7 Å². The van der Waals surface area contributed by atoms with E-state index in [2.05, 4.69) is 45.0 Å². The minimum absolute atomic E-state index is 0.762. The van der Waals surface area contributed by atoms with Gasteiger partial charge in [-0.1, -0.05) is 15.9 Å². The first kappa shape index (κ1) is 16.1. The number of halogens is 1. The second kappa shape index (κ2) is 7.66. The summed E-state index contributed by atoms with van der Waals surface area (Å²) in [5.74, 6) is 0.833. The first-order chi connectivity index (χ1) is 10.2. The fraction of sp³-hybridized carbons (Fsp3) is 0.400. The Hall–Kier alpha value is -1.27. The highest BCUT2D eigenvalue weighted by Crippen LogP contribution is 2.26. The molecule has 114 valence electrons. The summed E-state index contributed by atoms with van der Waals surface area (Å²) in [6.07, 6.45) is 1.94. The van der Waals surface area contributed by atoms with Gasteiger partial charge in [-0.05, 0) is 26.0 Å². The van der Waals surface area contributed by atoms with Crippen molar-refractivity contribution in [2.24, 2.45) is 0 Å². The van der Waals surface area contributed by atoms with Crippen LogP contribution >= 0.6 is 27.3 Å². The zero-order valence-electron chi connectivity index (χ0n) is 12.5. The largest absolute Gasteiger partial charge is 0.497 e. The van der Waals surface area contributed by atoms with Crippen molar-refractivity contribution < 1.29 is 4.74 Å². The molecule has 1 aromatic heterocycles. The molecule has 0 bridgehead atoms. The molecule has 0 unspecified atom stereocenters. The maximum atomic E-state index is 5.27. The molecule has 0 saturated carbocycles. The van der Waals surface area contributed by atoms with E-state index < -0.39 is 0 Å². The predicted octanol–water partition coefficient (Wildman–Crippen LogP) is 4.37. The molecule has 1 N–H and O–H groups in total. The van der Waals surface area contributed by atoms with Crippen LogP contribution in [0.1, 0.15) is 18.7 Å². The van der Waals surface area contributed by atoms with E-state index in [-0.39, 0.29) is 0 Å². The molecule has 0 aliphatic rings. The lowest BCUT2D eigenvalue weighted by atomic mass is 10.3. The summed E-state index contributed by atoms with van der Waals surface area (Å²) in [7, 11) is 1.67. The number of aromatic nitrogens is 1. The van der Waals surface area contributed by atoms with Crippen molar-refractivity contribution in [3.05, 3.63) is 33.7 Å². The molecule has 1 heterocycles. The summed E-state index contributed by atoms with van der Waals surface area (Å²) in [5, 5.41) is 4.49. The maximum absolute atomic E-state index is 5.27. The molecule has 0 saturated heterocycles. The molecular formula is C15H20BrN3OS. The number of ether oxygens (including phenoxy) is 1. The number of nitrogens with zero attached hydrogens (tertiary/aromatic N) is 2. The number of benzene rings is 1. The van der Waals surface area contributed by atoms with E-state index in [1.165, 1.54) is 4.88 Å². The molecule has 0 aliphatic carbocycles. The normalized spacial score (nSPS) is 10.5. The second-order valence-corrected chi connectivity index (χ2v) is 6.52. The van der Waals surface area contributed by atoms with Gasteiger partial charge in [0.1, 0.15) is 5.75 Å². The monoisotopic (exact) mass is 369 g/mol. The molecule has 0 amide bonds. The third kappa shape index (κ3) is 4.35. The first-order valence-corrected chi connectivity index (χ1v) is 8.55. The lowest BCUT2D eigenvalue weighted by Gasteiger charge is -2.16. The van der Waals surface area contributed by atoms with Crippen LogP contribution in [0.2, 0.25) is 0 Å². The summed E-state index contributed by atoms with van der Waals surface area (Å²) < 4.78 is 6.26. The third-order valence-electron chi connectivity index (χ3n) is 3.15. The first-order valence-electron chi connectivity index (χ1n) is 6.94. The number of methoxy groups -OCH3 is 1. The quantitative estimate of drug-likeness (QED) is 0.785. The van der Waals surface area contributed by atoms with Crippen molar-refractivity contribution in [2.75, 3.05) is 30.4 Å². The molecule has 0 spiro atoms. The van der Waals surface area contributed by atoms with E-state index in [4.69, 9.17) is 4.74 Å². The van der Waals surface area contributed by atoms with Crippen molar-refractivity contribution >= 4 is 38.1 Å². The fourth-order valence-electron chi connectivity index (χ4n) is 1.99. The summed E-state index contributed by atoms with van der Waals surface area (Å²) in [5.41, 5.74) is 1.03. The smallest absolute Gasteiger partial charge is 0.185 e. The molecule has 0 fully saturated rings. The Bertz CT molecular complexity index is 584. The van der Waals surface area contributed by atoms with Gasteiger partial charge in [0.15, 0.2) is 5.13 Å². The lowest BCUT2D eigenvalue weighted by molar-refractivity contribution is 0.414. The summed E-state index contributed by atoms with van der Waals surface area (Å²) >= 11 is 5.22. The average Bonchev–Trinajstić information content (AvgIpc) is 2.94. The third-order valence-corrected chi connectivity index (χ3v) is 4.67. The molecule has 0 radical (unpaired) electrons. The van der Waals surface area contributed by atoms with E-state index in [1.807, 2.05) is 24.4 Å². The Morgan fingerprint density at radius 1 is 1.29 bits per heavy atom. The molecular weight excluding hydrogens is 350 g/mol. The van der Waals surface area contributed by atoms with Crippen LogP contribution in [-0.4, -0.2) is 25.2 Å². The lowest BCUT2D eigenvalue weighted by Crippen LogP contribution is -2.21. The number of thiazole rings is 1. The van der Waals surface area contributed by atoms with Gasteiger partial charge in [-0.3, -0.25) is 0 Å². The Morgan fingerprint density at radius 2 is 2.05 bits per heavy atom. The molecule has 0 aliphatic heterocycles. The van der Waals surface area contributed by atoms with E-state index in [1.54, 1.807) is 18.4 Å². The van der Waals surface area contributed by atoms with Crippen molar-refractivity contribution in [2.45, 2.75) is 20.4 Å². The zero-order valence-corrected chi connectivity index (χ0v) is 14.9. The molecule has 4 nitrogen and oxygen atoms in total. The molecule has 2 rings (SSSR count). The molecule has 2 aromatic rings. The van der Waals surface area contributed by atoms with E-state index >= 15 is 0 Å². The SMILES string of the molecule is CCN(CC)c1ncc(CNc2cc(Br)cc(OC)c2)s1. The van der Waals surface area contributed by atoms with Gasteiger partial charge in [0.2, 0.25) is 0 Å². The zero-order chi connectivity index (χ0) is 15.2. The summed E-state index contributed by atoms with van der Waals surface area (Å²) in [6, 6.07) is 5.96. The summed E-state index contributed by atoms with van der Waals surface area (Å²) in [4.78, 5) is 7.97. The van der Waals surface area contributed by atoms with Gasteiger partial charge >= 0.3 is 0 Å². The Labute approximate surface area is 138 Å². The highest BCUT2D eigenvalue weighted by atomic mass is 79.9. The van der Waals surface area contributed by atoms with Crippen molar-refractivity contribution in [1.29, 1.82) is 0 Å². The van der Waals surface area contributed by atoms with Gasteiger partial charge in [-0.15, -0.1) is 11.3 Å². The molecule has 6 heteroatoms. The molecule has 0 atom stereocenters. The van der Waals surface area contributed by atoms with Crippen molar-refractivity contribution in [1.82, 2.24) is 4.98 Å². The van der Waals surface area contributed by atoms with E-state index in [9.17, 15) is 0 Å². The fourth-order valence-corrected chi connectivity index (χ4v) is 3.44. The minimum Gasteiger partial charge on any atom is -0.497 e. The van der Waals surface area contributed by atoms with Crippen LogP contribution in [0.15, 0.2) is 28.9 Å². The van der Waals surface area contributed by atoms with Gasteiger partial charge < -0.3 is 15.0 Å². The van der Waals surface area contributed by atoms with Crippen LogP contribution in [0.5, 0.6) is 5.75 Å². The molecule has 1 aromatic carbocycles. The van der Waals surface area contributed by atoms with Crippen molar-refractivity contribution in [3.8, 4) is 5.75 Å². The number of hydrogen-bond acceptors (Lipinski definition) is 5. The molecule has 21 heavy (non-hydrogen) atoms. The van der Waals surface area contributed by atoms with Crippen LogP contribution in [0.3, 0.4) is 0 Å². The number of anilines is 2. The van der Waals surface area contributed by atoms with Crippen LogP contribution < -0.4 is 15.0 Å². The van der Waals surface area contributed by atoms with Crippen molar-refractivity contribution in [3.63, 3.8) is 0 Å². The standard InChI is InChI=1S/C15H20BrN3OS/c1-4-19(5-2)15-18-10-14(21-15)9-17-12-6-11(16)7-13(8-12)20-3/h6-8,10,17H,4-5,9H2,1-3H3. The average molecular weight is 370 g/mol. The minimum atomic E-state index is 0.762. The maximum Gasteiger partial charge on any atom is 0.185 e. The summed E-state index contributed by atoms with van der Waals surface area (Å²) in [6.45, 7) is 7.03. The number of nitrogens with one attached hydrogen (secondary N) is 1. The Morgan fingerprint density at radius 3 is 2.71 bits per heavy atom. The highest BCUT2D eigenvalue weighted by Gasteiger charge is 2.08. The van der Waals surface area contributed by atoms with Gasteiger partial charge in [-0.2, -0.15) is 0 Å². The topological polar surface area (TPSA) is 37.4 Å². The van der Waals surface area contributed by atoms with Crippen LogP contribution in [0.25, 0.3) is 0 Å². The van der Waals surface area contributed by atoms with Gasteiger partial charge in [0, 0.05) is 40.4 Å². The van der Waals surface area contributed by atoms with Crippen LogP contribution in [-0.2, 0) is 6.54 Å². The number of hydrogen-bond donors (Lipinski definition) is 1. The highest BCUT2D eigenvalue weighted by molar-refractivity contribution is 9.10.